The molecular formula is C20H34IN3O2. The van der Waals surface area contributed by atoms with Crippen LogP contribution in [0.25, 0.3) is 0 Å². The summed E-state index contributed by atoms with van der Waals surface area (Å²) in [6.07, 6.45) is 4.22. The fraction of sp³-hybridized carbons (Fsp3) is 0.650. The van der Waals surface area contributed by atoms with Gasteiger partial charge in [0.15, 0.2) is 5.96 Å². The molecule has 0 aliphatic carbocycles. The Bertz CT molecular complexity index is 479. The quantitative estimate of drug-likeness (QED) is 0.236. The van der Waals surface area contributed by atoms with E-state index in [0.29, 0.717) is 5.92 Å². The van der Waals surface area contributed by atoms with Crippen molar-refractivity contribution in [2.75, 3.05) is 46.1 Å². The molecule has 5 nitrogen and oxygen atoms in total. The number of nitrogens with one attached hydrogen (secondary N) is 2. The molecule has 1 aromatic rings. The molecule has 0 radical (unpaired) electrons. The third-order valence-corrected chi connectivity index (χ3v) is 4.30. The van der Waals surface area contributed by atoms with E-state index >= 15 is 0 Å². The van der Waals surface area contributed by atoms with Crippen molar-refractivity contribution < 1.29 is 9.47 Å². The summed E-state index contributed by atoms with van der Waals surface area (Å²) < 4.78 is 11.2. The second kappa shape index (κ2) is 15.2. The third-order valence-electron chi connectivity index (χ3n) is 4.30. The van der Waals surface area contributed by atoms with E-state index in [1.807, 2.05) is 6.07 Å². The molecular weight excluding hydrogens is 441 g/mol. The number of guanidine groups is 1. The summed E-state index contributed by atoms with van der Waals surface area (Å²) in [4.78, 5) is 4.62. The number of hydrogen-bond acceptors (Lipinski definition) is 3. The highest BCUT2D eigenvalue weighted by Crippen LogP contribution is 2.14. The van der Waals surface area contributed by atoms with E-state index in [1.54, 1.807) is 0 Å². The summed E-state index contributed by atoms with van der Waals surface area (Å²) >= 11 is 0. The predicted molar refractivity (Wildman–Crippen MR) is 119 cm³/mol. The van der Waals surface area contributed by atoms with Gasteiger partial charge < -0.3 is 20.1 Å². The van der Waals surface area contributed by atoms with Gasteiger partial charge in [-0.1, -0.05) is 30.3 Å². The third kappa shape index (κ3) is 10.3. The van der Waals surface area contributed by atoms with Crippen LogP contribution in [0.5, 0.6) is 0 Å². The zero-order valence-corrected chi connectivity index (χ0v) is 18.2. The number of ether oxygens (including phenoxy) is 2. The van der Waals surface area contributed by atoms with Gasteiger partial charge in [-0.05, 0) is 44.1 Å². The second-order valence-corrected chi connectivity index (χ2v) is 6.41. The zero-order chi connectivity index (χ0) is 17.6. The molecule has 0 bridgehead atoms. The Morgan fingerprint density at radius 3 is 2.69 bits per heavy atom. The molecule has 0 unspecified atom stereocenters. The minimum atomic E-state index is 0. The van der Waals surface area contributed by atoms with Crippen LogP contribution >= 0.6 is 24.0 Å². The Balaban J connectivity index is 0.00000338. The normalized spacial score (nSPS) is 15.3. The summed E-state index contributed by atoms with van der Waals surface area (Å²) in [5, 5.41) is 6.69. The Morgan fingerprint density at radius 1 is 1.19 bits per heavy atom. The van der Waals surface area contributed by atoms with Gasteiger partial charge >= 0.3 is 0 Å². The number of rotatable bonds is 10. The standard InChI is InChI=1S/C20H33N3O2.HI/c1-2-21-20(23-13-9-18-7-4-3-5-8-18)22-12-6-14-25-17-19-10-15-24-16-11-19;/h3-5,7-8,19H,2,6,9-17H2,1H3,(H2,21,22,23);1H. The van der Waals surface area contributed by atoms with E-state index in [4.69, 9.17) is 9.47 Å². The summed E-state index contributed by atoms with van der Waals surface area (Å²) in [5.41, 5.74) is 1.34. The molecule has 0 amide bonds. The van der Waals surface area contributed by atoms with Gasteiger partial charge in [0.1, 0.15) is 0 Å². The van der Waals surface area contributed by atoms with Gasteiger partial charge in [0.25, 0.3) is 0 Å². The molecule has 0 atom stereocenters. The molecule has 1 saturated heterocycles. The van der Waals surface area contributed by atoms with Crippen molar-refractivity contribution >= 4 is 29.9 Å². The summed E-state index contributed by atoms with van der Waals surface area (Å²) in [7, 11) is 0. The first-order valence-corrected chi connectivity index (χ1v) is 9.60. The number of halogens is 1. The minimum absolute atomic E-state index is 0. The van der Waals surface area contributed by atoms with Crippen LogP contribution < -0.4 is 10.6 Å². The lowest BCUT2D eigenvalue weighted by Crippen LogP contribution is -2.38. The second-order valence-electron chi connectivity index (χ2n) is 6.41. The SMILES string of the molecule is CCNC(=NCCCOCC1CCOCC1)NCCc1ccccc1.I. The lowest BCUT2D eigenvalue weighted by Gasteiger charge is -2.21. The number of nitrogens with zero attached hydrogens (tertiary/aromatic N) is 1. The Kier molecular flexibility index (Phi) is 13.6. The molecule has 0 aromatic heterocycles. The lowest BCUT2D eigenvalue weighted by molar-refractivity contribution is 0.0205. The fourth-order valence-electron chi connectivity index (χ4n) is 2.83. The first-order valence-electron chi connectivity index (χ1n) is 9.60. The number of benzene rings is 1. The molecule has 2 N–H and O–H groups in total. The smallest absolute Gasteiger partial charge is 0.191 e. The molecule has 1 aliphatic rings. The van der Waals surface area contributed by atoms with Crippen LogP contribution in [0.3, 0.4) is 0 Å². The lowest BCUT2D eigenvalue weighted by atomic mass is 10.0. The number of hydrogen-bond donors (Lipinski definition) is 2. The summed E-state index contributed by atoms with van der Waals surface area (Å²) in [6, 6.07) is 10.5. The van der Waals surface area contributed by atoms with E-state index < -0.39 is 0 Å². The van der Waals surface area contributed by atoms with E-state index in [2.05, 4.69) is 46.8 Å². The maximum atomic E-state index is 5.79. The molecule has 2 rings (SSSR count). The molecule has 1 aromatic carbocycles. The van der Waals surface area contributed by atoms with E-state index in [0.717, 1.165) is 77.7 Å². The first kappa shape index (κ1) is 23.2. The Hall–Kier alpha value is -0.860. The van der Waals surface area contributed by atoms with E-state index in [9.17, 15) is 0 Å². The van der Waals surface area contributed by atoms with Crippen LogP contribution in [0.1, 0.15) is 31.7 Å². The maximum absolute atomic E-state index is 5.79. The summed E-state index contributed by atoms with van der Waals surface area (Å²) in [5.74, 6) is 1.57. The van der Waals surface area contributed by atoms with Crippen molar-refractivity contribution in [3.8, 4) is 0 Å². The van der Waals surface area contributed by atoms with Gasteiger partial charge in [-0.15, -0.1) is 24.0 Å². The predicted octanol–water partition coefficient (Wildman–Crippen LogP) is 3.24. The van der Waals surface area contributed by atoms with Crippen molar-refractivity contribution in [3.63, 3.8) is 0 Å². The van der Waals surface area contributed by atoms with Gasteiger partial charge in [0.05, 0.1) is 0 Å². The zero-order valence-electron chi connectivity index (χ0n) is 15.9. The molecule has 1 fully saturated rings. The molecule has 0 saturated carbocycles. The summed E-state index contributed by atoms with van der Waals surface area (Å²) in [6.45, 7) is 8.05. The van der Waals surface area contributed by atoms with Crippen molar-refractivity contribution in [1.82, 2.24) is 10.6 Å². The first-order chi connectivity index (χ1) is 12.4. The largest absolute Gasteiger partial charge is 0.381 e. The van der Waals surface area contributed by atoms with Crippen LogP contribution in [-0.2, 0) is 15.9 Å². The highest BCUT2D eigenvalue weighted by atomic mass is 127. The van der Waals surface area contributed by atoms with Gasteiger partial charge in [0, 0.05) is 46.1 Å². The fourth-order valence-corrected chi connectivity index (χ4v) is 2.83. The van der Waals surface area contributed by atoms with Crippen molar-refractivity contribution in [2.24, 2.45) is 10.9 Å². The van der Waals surface area contributed by atoms with Crippen LogP contribution in [0.2, 0.25) is 0 Å². The molecule has 1 aliphatic heterocycles. The highest BCUT2D eigenvalue weighted by Gasteiger charge is 2.13. The Morgan fingerprint density at radius 2 is 1.96 bits per heavy atom. The van der Waals surface area contributed by atoms with Gasteiger partial charge in [-0.3, -0.25) is 4.99 Å². The molecule has 0 spiro atoms. The molecule has 1 heterocycles. The topological polar surface area (TPSA) is 54.9 Å². The molecule has 26 heavy (non-hydrogen) atoms. The van der Waals surface area contributed by atoms with Gasteiger partial charge in [-0.25, -0.2) is 0 Å². The van der Waals surface area contributed by atoms with Gasteiger partial charge in [-0.2, -0.15) is 0 Å². The van der Waals surface area contributed by atoms with Crippen LogP contribution in [-0.4, -0.2) is 52.0 Å². The van der Waals surface area contributed by atoms with Crippen LogP contribution in [0, 0.1) is 5.92 Å². The van der Waals surface area contributed by atoms with Crippen LogP contribution in [0.15, 0.2) is 35.3 Å². The van der Waals surface area contributed by atoms with Crippen molar-refractivity contribution in [2.45, 2.75) is 32.6 Å². The van der Waals surface area contributed by atoms with E-state index in [1.165, 1.54) is 5.56 Å². The molecule has 6 heteroatoms. The monoisotopic (exact) mass is 475 g/mol. The van der Waals surface area contributed by atoms with Crippen molar-refractivity contribution in [1.29, 1.82) is 0 Å². The Labute approximate surface area is 175 Å². The number of aliphatic imine (C=N–C) groups is 1. The average Bonchev–Trinajstić information content (AvgIpc) is 2.66. The maximum Gasteiger partial charge on any atom is 0.191 e. The van der Waals surface area contributed by atoms with Crippen LogP contribution in [0.4, 0.5) is 0 Å². The van der Waals surface area contributed by atoms with E-state index in [-0.39, 0.29) is 24.0 Å². The van der Waals surface area contributed by atoms with Crippen molar-refractivity contribution in [3.05, 3.63) is 35.9 Å². The van der Waals surface area contributed by atoms with Gasteiger partial charge in [0.2, 0.25) is 0 Å². The average molecular weight is 475 g/mol. The highest BCUT2D eigenvalue weighted by molar-refractivity contribution is 14.0. The molecule has 148 valence electrons. The minimum Gasteiger partial charge on any atom is -0.381 e.